The van der Waals surface area contributed by atoms with Crippen molar-refractivity contribution >= 4 is 38.7 Å². The zero-order valence-electron chi connectivity index (χ0n) is 14.1. The smallest absolute Gasteiger partial charge is 0.407 e. The summed E-state index contributed by atoms with van der Waals surface area (Å²) in [6, 6.07) is 12.9. The fourth-order valence-electron chi connectivity index (χ4n) is 3.46. The van der Waals surface area contributed by atoms with Gasteiger partial charge in [0.25, 0.3) is 5.91 Å². The summed E-state index contributed by atoms with van der Waals surface area (Å²) in [4.78, 5) is 30.1. The number of amides is 2. The van der Waals surface area contributed by atoms with E-state index >= 15 is 0 Å². The molecule has 7 heteroatoms. The Bertz CT molecular complexity index is 981. The second-order valence-corrected chi connectivity index (χ2v) is 7.25. The van der Waals surface area contributed by atoms with Crippen molar-refractivity contribution in [3.63, 3.8) is 0 Å². The normalized spacial score (nSPS) is 16.3. The fourth-order valence-corrected chi connectivity index (χ4v) is 4.33. The van der Waals surface area contributed by atoms with E-state index in [1.807, 2.05) is 43.3 Å². The maximum Gasteiger partial charge on any atom is 0.407 e. The highest BCUT2D eigenvalue weighted by Crippen LogP contribution is 2.33. The average Bonchev–Trinajstić information content (AvgIpc) is 3.03. The molecule has 6 nitrogen and oxygen atoms in total. The number of rotatable bonds is 2. The largest absolute Gasteiger partial charge is 0.465 e. The number of fused-ring (bicyclic) bond motifs is 2. The summed E-state index contributed by atoms with van der Waals surface area (Å²) in [5.74, 6) is -0.264. The molecule has 0 saturated heterocycles. The summed E-state index contributed by atoms with van der Waals surface area (Å²) in [5, 5.41) is 12.8. The molecule has 26 heavy (non-hydrogen) atoms. The Morgan fingerprint density at radius 3 is 2.81 bits per heavy atom. The van der Waals surface area contributed by atoms with Crippen molar-refractivity contribution in [3.05, 3.63) is 59.2 Å². The van der Waals surface area contributed by atoms with Crippen LogP contribution in [0.2, 0.25) is 0 Å². The maximum absolute atomic E-state index is 12.9. The van der Waals surface area contributed by atoms with Gasteiger partial charge >= 0.3 is 6.09 Å². The molecule has 0 saturated carbocycles. The quantitative estimate of drug-likeness (QED) is 0.713. The van der Waals surface area contributed by atoms with Gasteiger partial charge in [0.1, 0.15) is 0 Å². The number of carboxylic acid groups (broad SMARTS) is 1. The van der Waals surface area contributed by atoms with Crippen LogP contribution < -0.4 is 5.32 Å². The van der Waals surface area contributed by atoms with Crippen LogP contribution >= 0.6 is 11.3 Å². The highest BCUT2D eigenvalue weighted by molar-refractivity contribution is 7.22. The van der Waals surface area contributed by atoms with Crippen LogP contribution in [0.25, 0.3) is 10.2 Å². The van der Waals surface area contributed by atoms with Gasteiger partial charge in [-0.15, -0.1) is 0 Å². The molecule has 0 aliphatic carbocycles. The van der Waals surface area contributed by atoms with E-state index in [9.17, 15) is 14.7 Å². The van der Waals surface area contributed by atoms with Gasteiger partial charge in [0.05, 0.1) is 16.3 Å². The van der Waals surface area contributed by atoms with Crippen LogP contribution in [0.1, 0.15) is 34.5 Å². The van der Waals surface area contributed by atoms with E-state index < -0.39 is 6.09 Å². The molecular weight excluding hydrogens is 350 g/mol. The lowest BCUT2D eigenvalue weighted by atomic mass is 9.89. The number of carbonyl (C=O) groups excluding carboxylic acids is 1. The molecule has 2 N–H and O–H groups in total. The first-order valence-electron chi connectivity index (χ1n) is 8.33. The molecule has 1 aromatic heterocycles. The van der Waals surface area contributed by atoms with Gasteiger partial charge in [-0.2, -0.15) is 0 Å². The Labute approximate surface area is 154 Å². The van der Waals surface area contributed by atoms with Crippen LogP contribution in [0.3, 0.4) is 0 Å². The molecule has 0 fully saturated rings. The zero-order valence-corrected chi connectivity index (χ0v) is 14.9. The van der Waals surface area contributed by atoms with E-state index in [2.05, 4.69) is 10.3 Å². The van der Waals surface area contributed by atoms with Gasteiger partial charge in [-0.1, -0.05) is 35.6 Å². The average molecular weight is 367 g/mol. The van der Waals surface area contributed by atoms with E-state index in [0.717, 1.165) is 21.3 Å². The Morgan fingerprint density at radius 2 is 2.04 bits per heavy atom. The standard InChI is InChI=1S/C19H17N3O3S/c1-11-16-12(9-10-22(11)19(24)25)5-4-6-13(16)17(23)21-18-20-14-7-2-3-8-15(14)26-18/h2-8,11H,9-10H2,1H3,(H,24,25)(H,20,21,23). The second-order valence-electron chi connectivity index (χ2n) is 6.22. The number of thiazole rings is 1. The number of hydrogen-bond acceptors (Lipinski definition) is 4. The third-order valence-corrected chi connectivity index (χ3v) is 5.66. The predicted molar refractivity (Wildman–Crippen MR) is 101 cm³/mol. The van der Waals surface area contributed by atoms with Crippen molar-refractivity contribution in [3.8, 4) is 0 Å². The lowest BCUT2D eigenvalue weighted by molar-refractivity contribution is 0.101. The number of aromatic nitrogens is 1. The van der Waals surface area contributed by atoms with Crippen molar-refractivity contribution in [1.82, 2.24) is 9.88 Å². The van der Waals surface area contributed by atoms with Crippen LogP contribution in [0.4, 0.5) is 9.93 Å². The lowest BCUT2D eigenvalue weighted by Gasteiger charge is -2.34. The van der Waals surface area contributed by atoms with Gasteiger partial charge in [0.2, 0.25) is 0 Å². The molecule has 2 heterocycles. The number of para-hydroxylation sites is 1. The molecule has 3 aromatic rings. The predicted octanol–water partition coefficient (Wildman–Crippen LogP) is 4.15. The van der Waals surface area contributed by atoms with Gasteiger partial charge in [-0.25, -0.2) is 9.78 Å². The number of nitrogens with one attached hydrogen (secondary N) is 1. The van der Waals surface area contributed by atoms with Crippen molar-refractivity contribution in [2.24, 2.45) is 0 Å². The third kappa shape index (κ3) is 2.80. The van der Waals surface area contributed by atoms with E-state index in [1.165, 1.54) is 16.2 Å². The minimum atomic E-state index is -0.968. The van der Waals surface area contributed by atoms with E-state index in [1.54, 1.807) is 6.07 Å². The van der Waals surface area contributed by atoms with Crippen LogP contribution in [0.5, 0.6) is 0 Å². The van der Waals surface area contributed by atoms with Gasteiger partial charge < -0.3 is 10.0 Å². The molecule has 1 aliphatic rings. The number of anilines is 1. The summed E-state index contributed by atoms with van der Waals surface area (Å²) in [7, 11) is 0. The lowest BCUT2D eigenvalue weighted by Crippen LogP contribution is -2.39. The van der Waals surface area contributed by atoms with Crippen molar-refractivity contribution < 1.29 is 14.7 Å². The van der Waals surface area contributed by atoms with Gasteiger partial charge in [0, 0.05) is 12.1 Å². The van der Waals surface area contributed by atoms with Gasteiger partial charge in [-0.3, -0.25) is 10.1 Å². The summed E-state index contributed by atoms with van der Waals surface area (Å²) >= 11 is 1.42. The third-order valence-electron chi connectivity index (χ3n) is 4.71. The first-order chi connectivity index (χ1) is 12.5. The summed E-state index contributed by atoms with van der Waals surface area (Å²) < 4.78 is 1.00. The Morgan fingerprint density at radius 1 is 1.23 bits per heavy atom. The number of nitrogens with zero attached hydrogens (tertiary/aromatic N) is 2. The van der Waals surface area contributed by atoms with Crippen LogP contribution in [0.15, 0.2) is 42.5 Å². The second kappa shape index (κ2) is 6.42. The monoisotopic (exact) mass is 367 g/mol. The zero-order chi connectivity index (χ0) is 18.3. The van der Waals surface area contributed by atoms with Crippen LogP contribution in [-0.4, -0.2) is 33.5 Å². The highest BCUT2D eigenvalue weighted by atomic mass is 32.1. The molecule has 0 radical (unpaired) electrons. The molecule has 2 amide bonds. The first-order valence-corrected chi connectivity index (χ1v) is 9.14. The minimum absolute atomic E-state index is 0.264. The van der Waals surface area contributed by atoms with Crippen molar-refractivity contribution in [1.29, 1.82) is 0 Å². The fraction of sp³-hybridized carbons (Fsp3) is 0.211. The Hall–Kier alpha value is -2.93. The molecule has 0 spiro atoms. The molecule has 2 aromatic carbocycles. The van der Waals surface area contributed by atoms with E-state index in [-0.39, 0.29) is 11.9 Å². The Balaban J connectivity index is 1.67. The Kier molecular flexibility index (Phi) is 4.08. The van der Waals surface area contributed by atoms with Gasteiger partial charge in [0.15, 0.2) is 5.13 Å². The molecule has 1 aliphatic heterocycles. The molecule has 1 atom stereocenters. The molecular formula is C19H17N3O3S. The van der Waals surface area contributed by atoms with Crippen molar-refractivity contribution in [2.45, 2.75) is 19.4 Å². The SMILES string of the molecule is CC1c2c(cccc2C(=O)Nc2nc3ccccc3s2)CCN1C(=O)O. The number of carbonyl (C=O) groups is 2. The molecule has 1 unspecified atom stereocenters. The van der Waals surface area contributed by atoms with Crippen molar-refractivity contribution in [2.75, 3.05) is 11.9 Å². The molecule has 0 bridgehead atoms. The minimum Gasteiger partial charge on any atom is -0.465 e. The maximum atomic E-state index is 12.9. The first kappa shape index (κ1) is 16.5. The number of hydrogen-bond donors (Lipinski definition) is 2. The van der Waals surface area contributed by atoms with Crippen LogP contribution in [0, 0.1) is 0 Å². The highest BCUT2D eigenvalue weighted by Gasteiger charge is 2.31. The number of benzene rings is 2. The topological polar surface area (TPSA) is 82.5 Å². The molecule has 4 rings (SSSR count). The van der Waals surface area contributed by atoms with Crippen LogP contribution in [-0.2, 0) is 6.42 Å². The van der Waals surface area contributed by atoms with E-state index in [0.29, 0.717) is 23.7 Å². The summed E-state index contributed by atoms with van der Waals surface area (Å²) in [5.41, 5.74) is 3.14. The molecule has 132 valence electrons. The van der Waals surface area contributed by atoms with E-state index in [4.69, 9.17) is 0 Å². The summed E-state index contributed by atoms with van der Waals surface area (Å²) in [6.07, 6.45) is -0.363. The summed E-state index contributed by atoms with van der Waals surface area (Å²) in [6.45, 7) is 2.26. The van der Waals surface area contributed by atoms with Gasteiger partial charge in [-0.05, 0) is 42.7 Å².